The van der Waals surface area contributed by atoms with E-state index in [1.165, 1.54) is 22.1 Å². The summed E-state index contributed by atoms with van der Waals surface area (Å²) in [6, 6.07) is 2.88. The van der Waals surface area contributed by atoms with Gasteiger partial charge in [0.15, 0.2) is 5.88 Å². The SMILES string of the molecule is C[S+]([O-])CN1Cc2c(F)cc(N3CCCC3=O)cc2C1=O. The molecule has 112 valence electrons. The van der Waals surface area contributed by atoms with Crippen LogP contribution in [0, 0.1) is 5.82 Å². The van der Waals surface area contributed by atoms with Gasteiger partial charge >= 0.3 is 0 Å². The van der Waals surface area contributed by atoms with Gasteiger partial charge in [0.25, 0.3) is 5.91 Å². The number of anilines is 1. The topological polar surface area (TPSA) is 63.7 Å². The van der Waals surface area contributed by atoms with Crippen LogP contribution in [0.1, 0.15) is 28.8 Å². The van der Waals surface area contributed by atoms with Crippen molar-refractivity contribution in [3.63, 3.8) is 0 Å². The van der Waals surface area contributed by atoms with Crippen molar-refractivity contribution in [1.82, 2.24) is 4.90 Å². The Bertz CT molecular complexity index is 620. The number of carbonyl (C=O) groups is 2. The molecule has 0 aromatic heterocycles. The molecule has 2 heterocycles. The summed E-state index contributed by atoms with van der Waals surface area (Å²) in [5, 5.41) is 0. The Morgan fingerprint density at radius 1 is 1.38 bits per heavy atom. The zero-order valence-electron chi connectivity index (χ0n) is 11.6. The minimum absolute atomic E-state index is 0.0497. The average Bonchev–Trinajstić information content (AvgIpc) is 2.96. The number of hydrogen-bond donors (Lipinski definition) is 0. The number of halogens is 1. The predicted molar refractivity (Wildman–Crippen MR) is 76.8 cm³/mol. The second-order valence-corrected chi connectivity index (χ2v) is 6.71. The van der Waals surface area contributed by atoms with Gasteiger partial charge < -0.3 is 9.45 Å². The Kier molecular flexibility index (Phi) is 3.62. The van der Waals surface area contributed by atoms with Gasteiger partial charge in [0, 0.05) is 29.8 Å². The van der Waals surface area contributed by atoms with Crippen LogP contribution in [0.2, 0.25) is 0 Å². The number of hydrogen-bond acceptors (Lipinski definition) is 3. The molecule has 7 heteroatoms. The predicted octanol–water partition coefficient (Wildman–Crippen LogP) is 1.24. The zero-order chi connectivity index (χ0) is 15.1. The van der Waals surface area contributed by atoms with E-state index in [0.717, 1.165) is 6.42 Å². The number of nitrogens with zero attached hydrogens (tertiary/aromatic N) is 2. The average molecular weight is 310 g/mol. The molecule has 0 saturated carbocycles. The molecular formula is C14H15FN2O3S. The van der Waals surface area contributed by atoms with Crippen LogP contribution in [0.5, 0.6) is 0 Å². The van der Waals surface area contributed by atoms with Crippen molar-refractivity contribution in [2.75, 3.05) is 23.6 Å². The molecule has 0 aliphatic carbocycles. The summed E-state index contributed by atoms with van der Waals surface area (Å²) in [4.78, 5) is 26.9. The van der Waals surface area contributed by atoms with E-state index in [2.05, 4.69) is 0 Å². The fourth-order valence-corrected chi connectivity index (χ4v) is 3.45. The van der Waals surface area contributed by atoms with Crippen molar-refractivity contribution in [2.45, 2.75) is 19.4 Å². The lowest BCUT2D eigenvalue weighted by Crippen LogP contribution is -2.29. The Labute approximate surface area is 124 Å². The largest absolute Gasteiger partial charge is 0.615 e. The van der Waals surface area contributed by atoms with E-state index < -0.39 is 17.0 Å². The van der Waals surface area contributed by atoms with Crippen molar-refractivity contribution >= 4 is 28.7 Å². The molecule has 3 rings (SSSR count). The molecule has 1 saturated heterocycles. The second kappa shape index (κ2) is 5.31. The maximum Gasteiger partial charge on any atom is 0.258 e. The molecule has 0 bridgehead atoms. The van der Waals surface area contributed by atoms with Crippen LogP contribution in [0.4, 0.5) is 10.1 Å². The minimum Gasteiger partial charge on any atom is -0.615 e. The van der Waals surface area contributed by atoms with Gasteiger partial charge in [-0.2, -0.15) is 0 Å². The summed E-state index contributed by atoms with van der Waals surface area (Å²) >= 11 is -1.17. The van der Waals surface area contributed by atoms with Crippen molar-refractivity contribution in [2.24, 2.45) is 0 Å². The Morgan fingerprint density at radius 2 is 2.14 bits per heavy atom. The molecule has 0 spiro atoms. The monoisotopic (exact) mass is 310 g/mol. The Morgan fingerprint density at radius 3 is 2.76 bits per heavy atom. The van der Waals surface area contributed by atoms with E-state index in [0.29, 0.717) is 24.2 Å². The third-order valence-electron chi connectivity index (χ3n) is 3.77. The van der Waals surface area contributed by atoms with Crippen LogP contribution in [-0.2, 0) is 22.5 Å². The van der Waals surface area contributed by atoms with Crippen LogP contribution in [-0.4, -0.2) is 39.9 Å². The summed E-state index contributed by atoms with van der Waals surface area (Å²) in [6.07, 6.45) is 2.70. The molecule has 1 atom stereocenters. The van der Waals surface area contributed by atoms with Crippen LogP contribution in [0.15, 0.2) is 12.1 Å². The summed E-state index contributed by atoms with van der Waals surface area (Å²) < 4.78 is 25.5. The Balaban J connectivity index is 1.94. The lowest BCUT2D eigenvalue weighted by Gasteiger charge is -2.16. The highest BCUT2D eigenvalue weighted by Crippen LogP contribution is 2.31. The Hall–Kier alpha value is -1.60. The number of rotatable bonds is 3. The molecule has 2 amide bonds. The molecular weight excluding hydrogens is 295 g/mol. The minimum atomic E-state index is -1.17. The molecule has 1 unspecified atom stereocenters. The zero-order valence-corrected chi connectivity index (χ0v) is 12.4. The maximum absolute atomic E-state index is 14.2. The van der Waals surface area contributed by atoms with E-state index in [-0.39, 0.29) is 29.8 Å². The smallest absolute Gasteiger partial charge is 0.258 e. The molecule has 0 N–H and O–H groups in total. The standard InChI is InChI=1S/C14H15FN2O3S/c1-21(20)8-16-7-11-10(14(16)19)5-9(6-12(11)15)17-4-2-3-13(17)18/h5-6H,2-4,7-8H2,1H3. The molecule has 0 radical (unpaired) electrons. The fourth-order valence-electron chi connectivity index (χ4n) is 2.81. The van der Waals surface area contributed by atoms with Gasteiger partial charge in [-0.1, -0.05) is 0 Å². The third-order valence-corrected chi connectivity index (χ3v) is 4.44. The first-order chi connectivity index (χ1) is 9.97. The summed E-state index contributed by atoms with van der Waals surface area (Å²) in [7, 11) is 0. The van der Waals surface area contributed by atoms with E-state index in [1.54, 1.807) is 6.07 Å². The summed E-state index contributed by atoms with van der Waals surface area (Å²) in [5.74, 6) is -0.774. The molecule has 1 fully saturated rings. The van der Waals surface area contributed by atoms with Crippen molar-refractivity contribution in [1.29, 1.82) is 0 Å². The van der Waals surface area contributed by atoms with Gasteiger partial charge in [-0.05, 0) is 29.7 Å². The summed E-state index contributed by atoms with van der Waals surface area (Å²) in [5.41, 5.74) is 1.03. The van der Waals surface area contributed by atoms with E-state index in [9.17, 15) is 18.5 Å². The second-order valence-electron chi connectivity index (χ2n) is 5.31. The van der Waals surface area contributed by atoms with Gasteiger partial charge in [-0.3, -0.25) is 14.5 Å². The van der Waals surface area contributed by atoms with Crippen molar-refractivity contribution in [3.05, 3.63) is 29.1 Å². The van der Waals surface area contributed by atoms with Crippen LogP contribution < -0.4 is 4.90 Å². The first kappa shape index (κ1) is 14.3. The third kappa shape index (κ3) is 2.51. The number of amides is 2. The fraction of sp³-hybridized carbons (Fsp3) is 0.429. The number of fused-ring (bicyclic) bond motifs is 1. The first-order valence-electron chi connectivity index (χ1n) is 6.69. The first-order valence-corrected chi connectivity index (χ1v) is 8.42. The quantitative estimate of drug-likeness (QED) is 0.789. The lowest BCUT2D eigenvalue weighted by atomic mass is 10.1. The summed E-state index contributed by atoms with van der Waals surface area (Å²) in [6.45, 7) is 0.682. The highest BCUT2D eigenvalue weighted by Gasteiger charge is 2.33. The van der Waals surface area contributed by atoms with Crippen molar-refractivity contribution in [3.8, 4) is 0 Å². The van der Waals surface area contributed by atoms with E-state index >= 15 is 0 Å². The molecule has 5 nitrogen and oxygen atoms in total. The number of benzene rings is 1. The van der Waals surface area contributed by atoms with Gasteiger partial charge in [0.1, 0.15) is 5.82 Å². The van der Waals surface area contributed by atoms with E-state index in [1.807, 2.05) is 0 Å². The van der Waals surface area contributed by atoms with Crippen LogP contribution >= 0.6 is 0 Å². The van der Waals surface area contributed by atoms with Crippen LogP contribution in [0.3, 0.4) is 0 Å². The maximum atomic E-state index is 14.2. The van der Waals surface area contributed by atoms with Crippen LogP contribution in [0.25, 0.3) is 0 Å². The molecule has 1 aromatic rings. The molecule has 21 heavy (non-hydrogen) atoms. The number of carbonyl (C=O) groups excluding carboxylic acids is 2. The van der Waals surface area contributed by atoms with Gasteiger partial charge in [0.2, 0.25) is 5.91 Å². The van der Waals surface area contributed by atoms with Gasteiger partial charge in [0.05, 0.1) is 12.8 Å². The normalized spacial score (nSPS) is 19.4. The highest BCUT2D eigenvalue weighted by atomic mass is 32.2. The highest BCUT2D eigenvalue weighted by molar-refractivity contribution is 7.90. The molecule has 1 aromatic carbocycles. The molecule has 2 aliphatic rings. The van der Waals surface area contributed by atoms with E-state index in [4.69, 9.17) is 0 Å². The lowest BCUT2D eigenvalue weighted by molar-refractivity contribution is -0.117. The van der Waals surface area contributed by atoms with Gasteiger partial charge in [-0.15, -0.1) is 0 Å². The molecule has 2 aliphatic heterocycles. The van der Waals surface area contributed by atoms with Gasteiger partial charge in [-0.25, -0.2) is 4.39 Å². The van der Waals surface area contributed by atoms with Crippen molar-refractivity contribution < 1.29 is 18.5 Å².